The maximum absolute atomic E-state index is 11.9. The lowest BCUT2D eigenvalue weighted by Crippen LogP contribution is -2.18. The summed E-state index contributed by atoms with van der Waals surface area (Å²) >= 11 is 0. The summed E-state index contributed by atoms with van der Waals surface area (Å²) in [5.74, 6) is -0.550. The van der Waals surface area contributed by atoms with Crippen molar-refractivity contribution in [3.63, 3.8) is 0 Å². The predicted octanol–water partition coefficient (Wildman–Crippen LogP) is 3.23. The molecule has 0 saturated carbocycles. The van der Waals surface area contributed by atoms with Crippen LogP contribution in [0.1, 0.15) is 67.1 Å². The third-order valence-electron chi connectivity index (χ3n) is 3.00. The van der Waals surface area contributed by atoms with Crippen LogP contribution in [0.5, 0.6) is 0 Å². The Morgan fingerprint density at radius 2 is 1.79 bits per heavy atom. The van der Waals surface area contributed by atoms with Gasteiger partial charge in [0, 0.05) is 12.6 Å². The minimum absolute atomic E-state index is 0.131. The number of rotatable bonds is 6. The number of hydrogen-bond acceptors (Lipinski definition) is 3. The van der Waals surface area contributed by atoms with E-state index in [2.05, 4.69) is 13.8 Å². The monoisotopic (exact) mass is 265 g/mol. The highest BCUT2D eigenvalue weighted by atomic mass is 16.5. The molecule has 0 atom stereocenters. The molecule has 0 bridgehead atoms. The van der Waals surface area contributed by atoms with Crippen molar-refractivity contribution >= 4 is 11.9 Å². The standard InChI is InChI=1S/C15H23NO3/c1-5-8-12-10-14(15(18)19-7-3)16(11(4)17)13(12)9-6-2/h10H,5-9H2,1-4H3. The molecule has 0 aromatic carbocycles. The van der Waals surface area contributed by atoms with Gasteiger partial charge in [-0.3, -0.25) is 9.36 Å². The number of hydrogen-bond donors (Lipinski definition) is 0. The fraction of sp³-hybridized carbons (Fsp3) is 0.600. The maximum atomic E-state index is 11.9. The van der Waals surface area contributed by atoms with Crippen LogP contribution in [0.4, 0.5) is 0 Å². The van der Waals surface area contributed by atoms with Gasteiger partial charge in [0.05, 0.1) is 6.61 Å². The van der Waals surface area contributed by atoms with Gasteiger partial charge < -0.3 is 4.74 Å². The highest BCUT2D eigenvalue weighted by Gasteiger charge is 2.22. The molecule has 106 valence electrons. The molecule has 0 fully saturated rings. The second-order valence-electron chi connectivity index (χ2n) is 4.58. The lowest BCUT2D eigenvalue weighted by molar-refractivity contribution is 0.0508. The van der Waals surface area contributed by atoms with E-state index in [-0.39, 0.29) is 5.91 Å². The Balaban J connectivity index is 3.32. The van der Waals surface area contributed by atoms with Crippen molar-refractivity contribution in [1.82, 2.24) is 4.57 Å². The molecule has 1 rings (SSSR count). The summed E-state index contributed by atoms with van der Waals surface area (Å²) in [5.41, 5.74) is 2.41. The minimum Gasteiger partial charge on any atom is -0.461 e. The molecule has 0 spiro atoms. The Morgan fingerprint density at radius 1 is 1.16 bits per heavy atom. The van der Waals surface area contributed by atoms with Crippen molar-refractivity contribution in [3.05, 3.63) is 23.0 Å². The van der Waals surface area contributed by atoms with Crippen LogP contribution in [0.15, 0.2) is 6.07 Å². The summed E-state index contributed by atoms with van der Waals surface area (Å²) in [5, 5.41) is 0. The van der Waals surface area contributed by atoms with Crippen molar-refractivity contribution in [2.45, 2.75) is 53.4 Å². The van der Waals surface area contributed by atoms with Crippen molar-refractivity contribution < 1.29 is 14.3 Å². The van der Waals surface area contributed by atoms with Crippen LogP contribution in [0, 0.1) is 0 Å². The first-order valence-electron chi connectivity index (χ1n) is 6.98. The number of carbonyl (C=O) groups is 2. The topological polar surface area (TPSA) is 48.3 Å². The molecule has 0 aliphatic rings. The predicted molar refractivity (Wildman–Crippen MR) is 74.7 cm³/mol. The van der Waals surface area contributed by atoms with Crippen molar-refractivity contribution in [2.24, 2.45) is 0 Å². The summed E-state index contributed by atoms with van der Waals surface area (Å²) in [6, 6.07) is 1.81. The average Bonchev–Trinajstić information content (AvgIpc) is 2.70. The van der Waals surface area contributed by atoms with Crippen LogP contribution in [0.25, 0.3) is 0 Å². The van der Waals surface area contributed by atoms with Crippen LogP contribution >= 0.6 is 0 Å². The zero-order chi connectivity index (χ0) is 14.4. The summed E-state index contributed by atoms with van der Waals surface area (Å²) < 4.78 is 6.55. The van der Waals surface area contributed by atoms with Gasteiger partial charge in [-0.2, -0.15) is 0 Å². The molecule has 1 heterocycles. The molecule has 0 aliphatic heterocycles. The van der Waals surface area contributed by atoms with Gasteiger partial charge in [0.1, 0.15) is 5.69 Å². The smallest absolute Gasteiger partial charge is 0.355 e. The molecule has 1 aromatic heterocycles. The molecule has 0 radical (unpaired) electrons. The second-order valence-corrected chi connectivity index (χ2v) is 4.58. The number of ether oxygens (including phenoxy) is 1. The van der Waals surface area contributed by atoms with E-state index >= 15 is 0 Å². The molecule has 1 aromatic rings. The van der Waals surface area contributed by atoms with E-state index in [9.17, 15) is 9.59 Å². The second kappa shape index (κ2) is 7.12. The quantitative estimate of drug-likeness (QED) is 0.742. The minimum atomic E-state index is -0.419. The van der Waals surface area contributed by atoms with Crippen LogP contribution in [0.2, 0.25) is 0 Å². The van der Waals surface area contributed by atoms with E-state index in [0.717, 1.165) is 36.9 Å². The van der Waals surface area contributed by atoms with Crippen LogP contribution in [0.3, 0.4) is 0 Å². The lowest BCUT2D eigenvalue weighted by atomic mass is 10.1. The molecule has 4 heteroatoms. The number of esters is 1. The molecular weight excluding hydrogens is 242 g/mol. The third kappa shape index (κ3) is 3.46. The third-order valence-corrected chi connectivity index (χ3v) is 3.00. The molecule has 0 amide bonds. The van der Waals surface area contributed by atoms with Gasteiger partial charge in [-0.05, 0) is 31.4 Å². The van der Waals surface area contributed by atoms with Crippen molar-refractivity contribution in [1.29, 1.82) is 0 Å². The molecular formula is C15H23NO3. The van der Waals surface area contributed by atoms with Crippen LogP contribution in [-0.2, 0) is 17.6 Å². The fourth-order valence-corrected chi connectivity index (χ4v) is 2.31. The van der Waals surface area contributed by atoms with E-state index in [0.29, 0.717) is 12.3 Å². The molecule has 4 nitrogen and oxygen atoms in total. The van der Waals surface area contributed by atoms with Gasteiger partial charge in [0.2, 0.25) is 5.91 Å². The van der Waals surface area contributed by atoms with E-state index in [4.69, 9.17) is 4.74 Å². The van der Waals surface area contributed by atoms with Crippen molar-refractivity contribution in [2.75, 3.05) is 6.61 Å². The summed E-state index contributed by atoms with van der Waals surface area (Å²) in [6.07, 6.45) is 3.60. The van der Waals surface area contributed by atoms with Crippen molar-refractivity contribution in [3.8, 4) is 0 Å². The SMILES string of the molecule is CCCc1cc(C(=O)OCC)n(C(C)=O)c1CCC. The highest BCUT2D eigenvalue weighted by molar-refractivity contribution is 5.94. The Labute approximate surface area is 114 Å². The Bertz CT molecular complexity index is 460. The van der Waals surface area contributed by atoms with Crippen LogP contribution in [-0.4, -0.2) is 23.1 Å². The molecule has 19 heavy (non-hydrogen) atoms. The van der Waals surface area contributed by atoms with Gasteiger partial charge in [-0.1, -0.05) is 26.7 Å². The lowest BCUT2D eigenvalue weighted by Gasteiger charge is -2.09. The summed E-state index contributed by atoms with van der Waals surface area (Å²) in [7, 11) is 0. The molecule has 0 N–H and O–H groups in total. The Kier molecular flexibility index (Phi) is 5.80. The van der Waals surface area contributed by atoms with E-state index in [1.54, 1.807) is 6.92 Å². The zero-order valence-corrected chi connectivity index (χ0v) is 12.3. The molecule has 0 saturated heterocycles. The first-order chi connectivity index (χ1) is 9.06. The summed E-state index contributed by atoms with van der Waals surface area (Å²) in [6.45, 7) is 7.71. The van der Waals surface area contributed by atoms with E-state index in [1.165, 1.54) is 11.5 Å². The molecule has 0 aliphatic carbocycles. The van der Waals surface area contributed by atoms with Gasteiger partial charge in [0.15, 0.2) is 0 Å². The molecule has 0 unspecified atom stereocenters. The normalized spacial score (nSPS) is 10.5. The zero-order valence-electron chi connectivity index (χ0n) is 12.3. The van der Waals surface area contributed by atoms with Gasteiger partial charge in [-0.25, -0.2) is 4.79 Å². The number of nitrogens with zero attached hydrogens (tertiary/aromatic N) is 1. The fourth-order valence-electron chi connectivity index (χ4n) is 2.31. The number of aryl methyl sites for hydroxylation is 1. The van der Waals surface area contributed by atoms with E-state index < -0.39 is 5.97 Å². The summed E-state index contributed by atoms with van der Waals surface area (Å²) in [4.78, 5) is 23.8. The number of carbonyl (C=O) groups excluding carboxylic acids is 2. The average molecular weight is 265 g/mol. The van der Waals surface area contributed by atoms with Gasteiger partial charge >= 0.3 is 5.97 Å². The van der Waals surface area contributed by atoms with E-state index in [1.807, 2.05) is 6.07 Å². The Morgan fingerprint density at radius 3 is 2.26 bits per heavy atom. The highest BCUT2D eigenvalue weighted by Crippen LogP contribution is 2.21. The van der Waals surface area contributed by atoms with Crippen LogP contribution < -0.4 is 0 Å². The number of aromatic nitrogens is 1. The van der Waals surface area contributed by atoms with Gasteiger partial charge in [0.25, 0.3) is 0 Å². The first kappa shape index (κ1) is 15.5. The van der Waals surface area contributed by atoms with Gasteiger partial charge in [-0.15, -0.1) is 0 Å². The maximum Gasteiger partial charge on any atom is 0.355 e. The first-order valence-corrected chi connectivity index (χ1v) is 6.98. The largest absolute Gasteiger partial charge is 0.461 e. The Hall–Kier alpha value is -1.58.